The fourth-order valence-electron chi connectivity index (χ4n) is 1.64. The van der Waals surface area contributed by atoms with Crippen LogP contribution in [-0.2, 0) is 7.05 Å². The van der Waals surface area contributed by atoms with Gasteiger partial charge in [0, 0.05) is 32.5 Å². The van der Waals surface area contributed by atoms with Crippen LogP contribution in [-0.4, -0.2) is 37.6 Å². The van der Waals surface area contributed by atoms with E-state index in [1.807, 2.05) is 22.7 Å². The van der Waals surface area contributed by atoms with E-state index in [0.29, 0.717) is 17.1 Å². The minimum atomic E-state index is 0.346. The summed E-state index contributed by atoms with van der Waals surface area (Å²) in [6.45, 7) is 5.73. The molecule has 0 aromatic carbocycles. The lowest BCUT2D eigenvalue weighted by molar-refractivity contribution is 0.768. The van der Waals surface area contributed by atoms with Crippen LogP contribution >= 0.6 is 11.8 Å². The topological polar surface area (TPSA) is 97.8 Å². The first-order chi connectivity index (χ1) is 9.67. The SMILES string of the molecule is CCN(CC)c1nc(NN)nc(Sc2nccn2C)n1. The summed E-state index contributed by atoms with van der Waals surface area (Å²) < 4.78 is 1.90. The number of anilines is 2. The van der Waals surface area contributed by atoms with Crippen molar-refractivity contribution in [3.05, 3.63) is 12.4 Å². The van der Waals surface area contributed by atoms with Crippen LogP contribution in [0.5, 0.6) is 0 Å². The third kappa shape index (κ3) is 3.17. The fourth-order valence-corrected chi connectivity index (χ4v) is 2.38. The number of imidazole rings is 1. The number of rotatable bonds is 6. The van der Waals surface area contributed by atoms with Crippen LogP contribution in [0.15, 0.2) is 22.7 Å². The number of aromatic nitrogens is 5. The third-order valence-corrected chi connectivity index (χ3v) is 3.68. The predicted octanol–water partition coefficient (Wildman–Crippen LogP) is 0.888. The zero-order valence-electron chi connectivity index (χ0n) is 11.7. The van der Waals surface area contributed by atoms with Crippen molar-refractivity contribution in [2.45, 2.75) is 24.2 Å². The zero-order valence-corrected chi connectivity index (χ0v) is 12.6. The number of hydrogen-bond acceptors (Lipinski definition) is 8. The molecule has 0 radical (unpaired) electrons. The van der Waals surface area contributed by atoms with Crippen molar-refractivity contribution in [2.75, 3.05) is 23.4 Å². The van der Waals surface area contributed by atoms with Crippen molar-refractivity contribution in [1.29, 1.82) is 0 Å². The van der Waals surface area contributed by atoms with Crippen LogP contribution in [0.2, 0.25) is 0 Å². The first-order valence-corrected chi connectivity index (χ1v) is 7.12. The predicted molar refractivity (Wildman–Crippen MR) is 78.5 cm³/mol. The highest BCUT2D eigenvalue weighted by atomic mass is 32.2. The molecule has 3 N–H and O–H groups in total. The summed E-state index contributed by atoms with van der Waals surface area (Å²) in [5, 5.41) is 1.37. The van der Waals surface area contributed by atoms with E-state index in [9.17, 15) is 0 Å². The monoisotopic (exact) mass is 294 g/mol. The van der Waals surface area contributed by atoms with Gasteiger partial charge in [0.25, 0.3) is 0 Å². The van der Waals surface area contributed by atoms with Crippen LogP contribution in [0.1, 0.15) is 13.8 Å². The molecular weight excluding hydrogens is 276 g/mol. The van der Waals surface area contributed by atoms with Gasteiger partial charge in [-0.15, -0.1) is 0 Å². The van der Waals surface area contributed by atoms with Crippen molar-refractivity contribution >= 4 is 23.7 Å². The Morgan fingerprint density at radius 3 is 2.60 bits per heavy atom. The first-order valence-electron chi connectivity index (χ1n) is 6.30. The fraction of sp³-hybridized carbons (Fsp3) is 0.455. The Balaban J connectivity index is 2.32. The highest BCUT2D eigenvalue weighted by Crippen LogP contribution is 2.24. The molecule has 0 saturated carbocycles. The molecule has 0 aliphatic carbocycles. The second-order valence-electron chi connectivity index (χ2n) is 3.98. The molecule has 0 atom stereocenters. The molecule has 0 aliphatic rings. The molecule has 0 amide bonds. The van der Waals surface area contributed by atoms with E-state index in [2.05, 4.69) is 39.2 Å². The zero-order chi connectivity index (χ0) is 14.5. The Labute approximate surface area is 121 Å². The standard InChI is InChI=1S/C11H18N8S/c1-4-19(5-2)9-14-8(17-12)15-10(16-9)20-11-13-6-7-18(11)3/h6-7H,4-5,12H2,1-3H3,(H,14,15,16,17). The second-order valence-corrected chi connectivity index (χ2v) is 4.92. The van der Waals surface area contributed by atoms with Crippen LogP contribution in [0, 0.1) is 0 Å². The Kier molecular flexibility index (Phi) is 4.74. The molecule has 0 aliphatic heterocycles. The van der Waals surface area contributed by atoms with Crippen LogP contribution in [0.3, 0.4) is 0 Å². The van der Waals surface area contributed by atoms with Gasteiger partial charge in [0.05, 0.1) is 0 Å². The summed E-state index contributed by atoms with van der Waals surface area (Å²) in [5.41, 5.74) is 2.48. The van der Waals surface area contributed by atoms with Crippen LogP contribution in [0.4, 0.5) is 11.9 Å². The average molecular weight is 294 g/mol. The molecule has 2 aromatic rings. The summed E-state index contributed by atoms with van der Waals surface area (Å²) in [6, 6.07) is 0. The van der Waals surface area contributed by atoms with E-state index in [4.69, 9.17) is 5.84 Å². The molecule has 8 nitrogen and oxygen atoms in total. The highest BCUT2D eigenvalue weighted by Gasteiger charge is 2.13. The van der Waals surface area contributed by atoms with Crippen LogP contribution in [0.25, 0.3) is 0 Å². The smallest absolute Gasteiger partial charge is 0.242 e. The molecule has 2 heterocycles. The lowest BCUT2D eigenvalue weighted by atomic mass is 10.5. The molecule has 0 fully saturated rings. The quantitative estimate of drug-likeness (QED) is 0.599. The minimum absolute atomic E-state index is 0.346. The van der Waals surface area contributed by atoms with Crippen LogP contribution < -0.4 is 16.2 Å². The van der Waals surface area contributed by atoms with Gasteiger partial charge in [-0.05, 0) is 25.6 Å². The Morgan fingerprint density at radius 2 is 2.05 bits per heavy atom. The van der Waals surface area contributed by atoms with Crippen molar-refractivity contribution in [3.8, 4) is 0 Å². The Hall–Kier alpha value is -1.87. The summed E-state index contributed by atoms with van der Waals surface area (Å²) >= 11 is 1.37. The van der Waals surface area contributed by atoms with E-state index in [1.165, 1.54) is 11.8 Å². The highest BCUT2D eigenvalue weighted by molar-refractivity contribution is 7.99. The number of hydrogen-bond donors (Lipinski definition) is 2. The maximum Gasteiger partial charge on any atom is 0.242 e. The summed E-state index contributed by atoms with van der Waals surface area (Å²) in [5.74, 6) is 6.37. The van der Waals surface area contributed by atoms with Gasteiger partial charge >= 0.3 is 0 Å². The molecule has 0 saturated heterocycles. The van der Waals surface area contributed by atoms with E-state index >= 15 is 0 Å². The summed E-state index contributed by atoms with van der Waals surface area (Å²) in [7, 11) is 1.92. The Morgan fingerprint density at radius 1 is 1.30 bits per heavy atom. The lowest BCUT2D eigenvalue weighted by Gasteiger charge is -2.19. The van der Waals surface area contributed by atoms with E-state index < -0.39 is 0 Å². The molecule has 0 bridgehead atoms. The second kappa shape index (κ2) is 6.53. The normalized spacial score (nSPS) is 10.6. The maximum atomic E-state index is 5.42. The molecule has 20 heavy (non-hydrogen) atoms. The number of nitrogen functional groups attached to an aromatic ring is 1. The van der Waals surface area contributed by atoms with Gasteiger partial charge in [0.1, 0.15) is 0 Å². The summed E-state index contributed by atoms with van der Waals surface area (Å²) in [6.07, 6.45) is 3.60. The van der Waals surface area contributed by atoms with E-state index in [0.717, 1.165) is 18.2 Å². The van der Waals surface area contributed by atoms with Gasteiger partial charge in [0.15, 0.2) is 5.16 Å². The molecule has 0 spiro atoms. The third-order valence-electron chi connectivity index (χ3n) is 2.74. The van der Waals surface area contributed by atoms with Gasteiger partial charge in [-0.3, -0.25) is 5.43 Å². The van der Waals surface area contributed by atoms with Crippen molar-refractivity contribution < 1.29 is 0 Å². The van der Waals surface area contributed by atoms with Gasteiger partial charge in [-0.25, -0.2) is 10.8 Å². The van der Waals surface area contributed by atoms with Gasteiger partial charge < -0.3 is 9.47 Å². The van der Waals surface area contributed by atoms with Crippen molar-refractivity contribution in [2.24, 2.45) is 12.9 Å². The number of aryl methyl sites for hydroxylation is 1. The molecular formula is C11H18N8S. The molecule has 2 rings (SSSR count). The maximum absolute atomic E-state index is 5.42. The molecule has 2 aromatic heterocycles. The molecule has 108 valence electrons. The van der Waals surface area contributed by atoms with Gasteiger partial charge in [0.2, 0.25) is 17.1 Å². The number of hydrazine groups is 1. The minimum Gasteiger partial charge on any atom is -0.341 e. The van der Waals surface area contributed by atoms with E-state index in [-0.39, 0.29) is 0 Å². The van der Waals surface area contributed by atoms with Gasteiger partial charge in [-0.2, -0.15) is 15.0 Å². The molecule has 9 heteroatoms. The number of nitrogens with zero attached hydrogens (tertiary/aromatic N) is 6. The largest absolute Gasteiger partial charge is 0.341 e. The lowest BCUT2D eigenvalue weighted by Crippen LogP contribution is -2.25. The average Bonchev–Trinajstić information content (AvgIpc) is 2.85. The van der Waals surface area contributed by atoms with Crippen molar-refractivity contribution in [1.82, 2.24) is 24.5 Å². The van der Waals surface area contributed by atoms with Crippen molar-refractivity contribution in [3.63, 3.8) is 0 Å². The molecule has 0 unspecified atom stereocenters. The Bertz CT molecular complexity index is 565. The number of nitrogens with one attached hydrogen (secondary N) is 1. The number of nitrogens with two attached hydrogens (primary N) is 1. The summed E-state index contributed by atoms with van der Waals surface area (Å²) in [4.78, 5) is 19.2. The van der Waals surface area contributed by atoms with E-state index in [1.54, 1.807) is 6.20 Å². The van der Waals surface area contributed by atoms with Gasteiger partial charge in [-0.1, -0.05) is 0 Å². The first kappa shape index (κ1) is 14.5.